The number of nitrogens with one attached hydrogen (secondary N) is 1. The van der Waals surface area contributed by atoms with Gasteiger partial charge in [0, 0.05) is 11.9 Å². The second kappa shape index (κ2) is 6.86. The minimum Gasteiger partial charge on any atom is -0.352 e. The van der Waals surface area contributed by atoms with Crippen LogP contribution in [0.25, 0.3) is 0 Å². The van der Waals surface area contributed by atoms with Crippen molar-refractivity contribution in [2.24, 2.45) is 5.14 Å². The fourth-order valence-electron chi connectivity index (χ4n) is 1.70. The van der Waals surface area contributed by atoms with Gasteiger partial charge in [0.25, 0.3) is 5.91 Å². The van der Waals surface area contributed by atoms with E-state index in [-0.39, 0.29) is 10.8 Å². The Labute approximate surface area is 140 Å². The van der Waals surface area contributed by atoms with Gasteiger partial charge in [0.05, 0.1) is 13.3 Å². The van der Waals surface area contributed by atoms with Crippen LogP contribution in [0.15, 0.2) is 40.6 Å². The molecule has 0 saturated carbocycles. The van der Waals surface area contributed by atoms with Crippen molar-refractivity contribution in [2.75, 3.05) is 6.54 Å². The van der Waals surface area contributed by atoms with Crippen LogP contribution in [0.4, 0.5) is 0 Å². The molecule has 3 N–H and O–H groups in total. The molecule has 8 heteroatoms. The summed E-state index contributed by atoms with van der Waals surface area (Å²) >= 11 is 3.69. The number of hydrogen-bond donors (Lipinski definition) is 2. The van der Waals surface area contributed by atoms with Crippen LogP contribution >= 0.6 is 33.9 Å². The van der Waals surface area contributed by atoms with Gasteiger partial charge in [-0.2, -0.15) is 0 Å². The van der Waals surface area contributed by atoms with E-state index in [1.807, 2.05) is 11.4 Å². The van der Waals surface area contributed by atoms with Crippen molar-refractivity contribution >= 4 is 49.9 Å². The van der Waals surface area contributed by atoms with Crippen LogP contribution < -0.4 is 10.5 Å². The number of sulfonamides is 1. The predicted octanol–water partition coefficient (Wildman–Crippen LogP) is 1.97. The number of hydrogen-bond acceptors (Lipinski definition) is 4. The van der Waals surface area contributed by atoms with Crippen molar-refractivity contribution < 1.29 is 13.2 Å². The predicted molar refractivity (Wildman–Crippen MR) is 90.9 cm³/mol. The molecule has 0 radical (unpaired) electrons. The van der Waals surface area contributed by atoms with Crippen LogP contribution in [-0.2, 0) is 16.4 Å². The lowest BCUT2D eigenvalue weighted by Crippen LogP contribution is -2.25. The van der Waals surface area contributed by atoms with E-state index in [2.05, 4.69) is 27.9 Å². The number of nitrogens with two attached hydrogens (primary N) is 1. The third kappa shape index (κ3) is 4.77. The van der Waals surface area contributed by atoms with Gasteiger partial charge in [0.1, 0.15) is 0 Å². The van der Waals surface area contributed by atoms with Gasteiger partial charge in [-0.15, -0.1) is 11.3 Å². The highest BCUT2D eigenvalue weighted by Gasteiger charge is 2.08. The van der Waals surface area contributed by atoms with Crippen LogP contribution in [0.3, 0.4) is 0 Å². The summed E-state index contributed by atoms with van der Waals surface area (Å²) in [6.45, 7) is 0.486. The molecule has 0 saturated heterocycles. The van der Waals surface area contributed by atoms with Crippen LogP contribution in [0, 0.1) is 2.88 Å². The molecule has 1 aromatic heterocycles. The zero-order valence-electron chi connectivity index (χ0n) is 10.9. The maximum Gasteiger partial charge on any atom is 0.252 e. The summed E-state index contributed by atoms with van der Waals surface area (Å²) in [6.07, 6.45) is 0.623. The van der Waals surface area contributed by atoms with E-state index in [9.17, 15) is 13.2 Å². The first kappa shape index (κ1) is 16.4. The Morgan fingerprint density at radius 2 is 1.95 bits per heavy atom. The monoisotopic (exact) mass is 436 g/mol. The number of benzene rings is 1. The molecule has 0 bridgehead atoms. The summed E-state index contributed by atoms with van der Waals surface area (Å²) in [7, 11) is -3.66. The Hall–Kier alpha value is -0.970. The minimum absolute atomic E-state index is 0.0862. The van der Waals surface area contributed by atoms with Crippen molar-refractivity contribution in [1.82, 2.24) is 5.32 Å². The number of amides is 1. The van der Waals surface area contributed by atoms with E-state index in [1.54, 1.807) is 12.1 Å². The molecule has 5 nitrogen and oxygen atoms in total. The third-order valence-corrected chi connectivity index (χ3v) is 5.50. The topological polar surface area (TPSA) is 89.3 Å². The summed E-state index contributed by atoms with van der Waals surface area (Å²) < 4.78 is 23.3. The van der Waals surface area contributed by atoms with Crippen LogP contribution in [-0.4, -0.2) is 20.9 Å². The van der Waals surface area contributed by atoms with Crippen LogP contribution in [0.5, 0.6) is 0 Å². The van der Waals surface area contributed by atoms with E-state index in [1.165, 1.54) is 23.5 Å². The summed E-state index contributed by atoms with van der Waals surface area (Å²) in [4.78, 5) is 11.9. The van der Waals surface area contributed by atoms with Crippen LogP contribution in [0.1, 0.15) is 15.9 Å². The van der Waals surface area contributed by atoms with E-state index in [0.29, 0.717) is 18.5 Å². The van der Waals surface area contributed by atoms with Crippen molar-refractivity contribution in [3.63, 3.8) is 0 Å². The lowest BCUT2D eigenvalue weighted by Gasteiger charge is -2.05. The summed E-state index contributed by atoms with van der Waals surface area (Å²) in [6, 6.07) is 8.15. The number of thiophene rings is 1. The average Bonchev–Trinajstić information content (AvgIpc) is 2.85. The lowest BCUT2D eigenvalue weighted by molar-refractivity contribution is 0.0954. The quantitative estimate of drug-likeness (QED) is 0.703. The maximum atomic E-state index is 11.8. The maximum absolute atomic E-state index is 11.8. The van der Waals surface area contributed by atoms with Crippen molar-refractivity contribution in [1.29, 1.82) is 0 Å². The molecule has 1 aromatic carbocycles. The van der Waals surface area contributed by atoms with Crippen molar-refractivity contribution in [2.45, 2.75) is 11.3 Å². The Bertz CT molecular complexity index is 739. The number of carbonyl (C=O) groups excluding carboxylic acids is 1. The van der Waals surface area contributed by atoms with Crippen LogP contribution in [0.2, 0.25) is 0 Å². The van der Waals surface area contributed by atoms with Gasteiger partial charge in [-0.05, 0) is 52.8 Å². The van der Waals surface area contributed by atoms with Gasteiger partial charge in [-0.1, -0.05) is 12.1 Å². The fourth-order valence-corrected chi connectivity index (χ4v) is 3.54. The Morgan fingerprint density at radius 3 is 2.48 bits per heavy atom. The molecule has 2 aromatic rings. The zero-order valence-corrected chi connectivity index (χ0v) is 14.7. The highest BCUT2D eigenvalue weighted by Crippen LogP contribution is 2.16. The minimum atomic E-state index is -3.66. The summed E-state index contributed by atoms with van der Waals surface area (Å²) in [5.41, 5.74) is 1.59. The number of primary sulfonamides is 1. The van der Waals surface area contributed by atoms with E-state index in [4.69, 9.17) is 5.14 Å². The largest absolute Gasteiger partial charge is 0.352 e. The van der Waals surface area contributed by atoms with Gasteiger partial charge >= 0.3 is 0 Å². The molecular weight excluding hydrogens is 423 g/mol. The zero-order chi connectivity index (χ0) is 15.5. The molecule has 1 amide bonds. The molecule has 1 heterocycles. The highest BCUT2D eigenvalue weighted by atomic mass is 127. The molecule has 0 fully saturated rings. The molecule has 0 aliphatic carbocycles. The SMILES string of the molecule is NS(=O)(=O)c1ccc(CCNC(=O)c2csc(I)c2)cc1. The van der Waals surface area contributed by atoms with Crippen molar-refractivity contribution in [3.05, 3.63) is 49.7 Å². The molecule has 0 atom stereocenters. The number of halogens is 1. The fraction of sp³-hybridized carbons (Fsp3) is 0.154. The standard InChI is InChI=1S/C13H13IN2O3S2/c14-12-7-10(8-20-12)13(17)16-6-5-9-1-3-11(4-2-9)21(15,18)19/h1-4,7-8H,5-6H2,(H,16,17)(H2,15,18,19). The summed E-state index contributed by atoms with van der Waals surface area (Å²) in [5.74, 6) is -0.102. The average molecular weight is 436 g/mol. The Kier molecular flexibility index (Phi) is 5.36. The normalized spacial score (nSPS) is 11.3. The second-order valence-electron chi connectivity index (χ2n) is 4.33. The van der Waals surface area contributed by atoms with Gasteiger partial charge in [-0.25, -0.2) is 13.6 Å². The van der Waals surface area contributed by atoms with Crippen molar-refractivity contribution in [3.8, 4) is 0 Å². The molecule has 0 aliphatic rings. The number of rotatable bonds is 5. The molecular formula is C13H13IN2O3S2. The molecule has 0 unspecified atom stereocenters. The van der Waals surface area contributed by atoms with Gasteiger partial charge in [0.2, 0.25) is 10.0 Å². The van der Waals surface area contributed by atoms with Gasteiger partial charge in [0.15, 0.2) is 0 Å². The smallest absolute Gasteiger partial charge is 0.252 e. The first-order valence-corrected chi connectivity index (χ1v) is 9.51. The van der Waals surface area contributed by atoms with E-state index >= 15 is 0 Å². The first-order valence-electron chi connectivity index (χ1n) is 6.00. The van der Waals surface area contributed by atoms with E-state index in [0.717, 1.165) is 8.45 Å². The van der Waals surface area contributed by atoms with Gasteiger partial charge in [-0.3, -0.25) is 4.79 Å². The molecule has 0 spiro atoms. The second-order valence-corrected chi connectivity index (χ2v) is 8.70. The first-order chi connectivity index (χ1) is 9.86. The lowest BCUT2D eigenvalue weighted by atomic mass is 10.1. The Balaban J connectivity index is 1.88. The Morgan fingerprint density at radius 1 is 1.29 bits per heavy atom. The molecule has 112 valence electrons. The molecule has 21 heavy (non-hydrogen) atoms. The molecule has 2 rings (SSSR count). The summed E-state index contributed by atoms with van der Waals surface area (Å²) in [5, 5.41) is 9.67. The van der Waals surface area contributed by atoms with E-state index < -0.39 is 10.0 Å². The highest BCUT2D eigenvalue weighted by molar-refractivity contribution is 14.1. The third-order valence-electron chi connectivity index (χ3n) is 2.78. The molecule has 0 aliphatic heterocycles. The number of carbonyl (C=O) groups is 1. The van der Waals surface area contributed by atoms with Gasteiger partial charge < -0.3 is 5.32 Å².